The highest BCUT2D eigenvalue weighted by Crippen LogP contribution is 2.19. The molecule has 1 aromatic rings. The number of amides is 1. The molecule has 1 aromatic carbocycles. The van der Waals surface area contributed by atoms with Crippen molar-refractivity contribution in [2.75, 3.05) is 24.5 Å². The molecule has 0 unspecified atom stereocenters. The second-order valence-corrected chi connectivity index (χ2v) is 6.13. The van der Waals surface area contributed by atoms with E-state index in [0.29, 0.717) is 6.54 Å². The number of quaternary nitrogens is 1. The molecular formula is C17H28N3O+. The highest BCUT2D eigenvalue weighted by atomic mass is 16.1. The van der Waals surface area contributed by atoms with Crippen molar-refractivity contribution in [1.82, 2.24) is 5.32 Å². The molecule has 1 amide bonds. The summed E-state index contributed by atoms with van der Waals surface area (Å²) in [5.41, 5.74) is 2.60. The van der Waals surface area contributed by atoms with Gasteiger partial charge in [-0.3, -0.25) is 4.79 Å². The van der Waals surface area contributed by atoms with Crippen LogP contribution < -0.4 is 15.5 Å². The van der Waals surface area contributed by atoms with Crippen LogP contribution in [0, 0.1) is 0 Å². The van der Waals surface area contributed by atoms with E-state index in [2.05, 4.69) is 34.5 Å². The van der Waals surface area contributed by atoms with Crippen molar-refractivity contribution in [1.29, 1.82) is 0 Å². The molecule has 1 heterocycles. The predicted molar refractivity (Wildman–Crippen MR) is 86.3 cm³/mol. The number of nitrogens with two attached hydrogens (primary N) is 1. The van der Waals surface area contributed by atoms with E-state index in [1.807, 2.05) is 19.2 Å². The Balaban J connectivity index is 1.75. The van der Waals surface area contributed by atoms with E-state index in [1.165, 1.54) is 43.6 Å². The zero-order valence-corrected chi connectivity index (χ0v) is 13.3. The molecule has 4 nitrogen and oxygen atoms in total. The molecule has 116 valence electrons. The van der Waals surface area contributed by atoms with Gasteiger partial charge in [-0.25, -0.2) is 0 Å². The molecule has 0 bridgehead atoms. The van der Waals surface area contributed by atoms with E-state index in [1.54, 1.807) is 0 Å². The number of carbonyl (C=O) groups excluding carboxylic acids is 1. The Morgan fingerprint density at radius 2 is 1.86 bits per heavy atom. The molecule has 1 fully saturated rings. The van der Waals surface area contributed by atoms with Gasteiger partial charge in [-0.2, -0.15) is 0 Å². The first-order chi connectivity index (χ1) is 10.1. The lowest BCUT2D eigenvalue weighted by Gasteiger charge is -2.28. The van der Waals surface area contributed by atoms with Crippen LogP contribution in [-0.2, 0) is 11.3 Å². The lowest BCUT2D eigenvalue weighted by atomic mass is 10.1. The van der Waals surface area contributed by atoms with Crippen molar-refractivity contribution in [2.24, 2.45) is 0 Å². The number of anilines is 1. The van der Waals surface area contributed by atoms with Crippen LogP contribution in [0.3, 0.4) is 0 Å². The summed E-state index contributed by atoms with van der Waals surface area (Å²) in [6.07, 6.45) is 3.98. The van der Waals surface area contributed by atoms with Gasteiger partial charge in [-0.05, 0) is 45.2 Å². The first-order valence-corrected chi connectivity index (χ1v) is 8.10. The van der Waals surface area contributed by atoms with Crippen LogP contribution >= 0.6 is 0 Å². The van der Waals surface area contributed by atoms with Gasteiger partial charge in [0.05, 0.1) is 0 Å². The molecule has 4 heteroatoms. The van der Waals surface area contributed by atoms with E-state index < -0.39 is 0 Å². The quantitative estimate of drug-likeness (QED) is 0.829. The maximum atomic E-state index is 11.6. The molecule has 1 saturated heterocycles. The number of piperidine rings is 1. The van der Waals surface area contributed by atoms with Crippen molar-refractivity contribution < 1.29 is 10.1 Å². The maximum Gasteiger partial charge on any atom is 0.275 e. The zero-order valence-electron chi connectivity index (χ0n) is 13.3. The summed E-state index contributed by atoms with van der Waals surface area (Å²) in [6, 6.07) is 9.00. The fourth-order valence-electron chi connectivity index (χ4n) is 2.75. The minimum atomic E-state index is 0.106. The summed E-state index contributed by atoms with van der Waals surface area (Å²) >= 11 is 0. The fourth-order valence-corrected chi connectivity index (χ4v) is 2.75. The maximum absolute atomic E-state index is 11.6. The number of benzene rings is 1. The zero-order chi connectivity index (χ0) is 15.1. The summed E-state index contributed by atoms with van der Waals surface area (Å²) in [6.45, 7) is 7.67. The third-order valence-electron chi connectivity index (χ3n) is 3.82. The SMILES string of the molecule is CC(C)NC(=O)C[NH2+]Cc1ccc(N2CCCCC2)cc1. The van der Waals surface area contributed by atoms with E-state index in [0.717, 1.165) is 6.54 Å². The van der Waals surface area contributed by atoms with Gasteiger partial charge < -0.3 is 15.5 Å². The molecule has 0 saturated carbocycles. The van der Waals surface area contributed by atoms with Gasteiger partial charge in [-0.1, -0.05) is 12.1 Å². The van der Waals surface area contributed by atoms with Crippen molar-refractivity contribution in [2.45, 2.75) is 45.7 Å². The van der Waals surface area contributed by atoms with Crippen molar-refractivity contribution in [3.05, 3.63) is 29.8 Å². The van der Waals surface area contributed by atoms with Gasteiger partial charge in [0, 0.05) is 30.4 Å². The lowest BCUT2D eigenvalue weighted by molar-refractivity contribution is -0.660. The standard InChI is InChI=1S/C17H27N3O/c1-14(2)19-17(21)13-18-12-15-6-8-16(9-7-15)20-10-4-3-5-11-20/h6-9,14,18H,3-5,10-13H2,1-2H3,(H,19,21)/p+1. The first-order valence-electron chi connectivity index (χ1n) is 8.10. The Morgan fingerprint density at radius 1 is 1.19 bits per heavy atom. The Kier molecular flexibility index (Phi) is 6.05. The highest BCUT2D eigenvalue weighted by Gasteiger charge is 2.11. The molecule has 3 N–H and O–H groups in total. The smallest absolute Gasteiger partial charge is 0.275 e. The Bertz CT molecular complexity index is 436. The normalized spacial score (nSPS) is 15.3. The third-order valence-corrected chi connectivity index (χ3v) is 3.82. The van der Waals surface area contributed by atoms with Crippen molar-refractivity contribution in [3.8, 4) is 0 Å². The van der Waals surface area contributed by atoms with Gasteiger partial charge >= 0.3 is 0 Å². The van der Waals surface area contributed by atoms with Crippen LogP contribution in [0.4, 0.5) is 5.69 Å². The van der Waals surface area contributed by atoms with Crippen LogP contribution in [0.1, 0.15) is 38.7 Å². The Hall–Kier alpha value is -1.55. The minimum absolute atomic E-state index is 0.106. The number of hydrogen-bond acceptors (Lipinski definition) is 2. The van der Waals surface area contributed by atoms with E-state index in [-0.39, 0.29) is 11.9 Å². The molecule has 1 aliphatic heterocycles. The average molecular weight is 290 g/mol. The number of carbonyl (C=O) groups is 1. The van der Waals surface area contributed by atoms with Crippen LogP contribution in [0.25, 0.3) is 0 Å². The van der Waals surface area contributed by atoms with Gasteiger partial charge in [0.25, 0.3) is 5.91 Å². The van der Waals surface area contributed by atoms with Gasteiger partial charge in [0.1, 0.15) is 6.54 Å². The summed E-state index contributed by atoms with van der Waals surface area (Å²) < 4.78 is 0. The Labute approximate surface area is 127 Å². The molecular weight excluding hydrogens is 262 g/mol. The summed E-state index contributed by atoms with van der Waals surface area (Å²) in [5, 5.41) is 4.95. The monoisotopic (exact) mass is 290 g/mol. The average Bonchev–Trinajstić information content (AvgIpc) is 2.48. The largest absolute Gasteiger partial charge is 0.372 e. The molecule has 1 aliphatic rings. The van der Waals surface area contributed by atoms with Crippen molar-refractivity contribution in [3.63, 3.8) is 0 Å². The fraction of sp³-hybridized carbons (Fsp3) is 0.588. The predicted octanol–water partition coefficient (Wildman–Crippen LogP) is 1.26. The molecule has 2 rings (SSSR count). The second kappa shape index (κ2) is 8.03. The van der Waals surface area contributed by atoms with Gasteiger partial charge in [-0.15, -0.1) is 0 Å². The van der Waals surface area contributed by atoms with E-state index >= 15 is 0 Å². The van der Waals surface area contributed by atoms with E-state index in [4.69, 9.17) is 0 Å². The molecule has 0 atom stereocenters. The van der Waals surface area contributed by atoms with Crippen LogP contribution in [0.2, 0.25) is 0 Å². The molecule has 0 aliphatic carbocycles. The van der Waals surface area contributed by atoms with E-state index in [9.17, 15) is 4.79 Å². The highest BCUT2D eigenvalue weighted by molar-refractivity contribution is 5.76. The summed E-state index contributed by atoms with van der Waals surface area (Å²) in [7, 11) is 0. The molecule has 0 aromatic heterocycles. The Morgan fingerprint density at radius 3 is 2.48 bits per heavy atom. The second-order valence-electron chi connectivity index (χ2n) is 6.13. The number of hydrogen-bond donors (Lipinski definition) is 2. The number of nitrogens with one attached hydrogen (secondary N) is 1. The minimum Gasteiger partial charge on any atom is -0.372 e. The summed E-state index contributed by atoms with van der Waals surface area (Å²) in [5.74, 6) is 0.106. The molecule has 21 heavy (non-hydrogen) atoms. The van der Waals surface area contributed by atoms with Gasteiger partial charge in [0.2, 0.25) is 0 Å². The van der Waals surface area contributed by atoms with Gasteiger partial charge in [0.15, 0.2) is 6.54 Å². The van der Waals surface area contributed by atoms with Crippen LogP contribution in [0.5, 0.6) is 0 Å². The van der Waals surface area contributed by atoms with Crippen molar-refractivity contribution >= 4 is 11.6 Å². The van der Waals surface area contributed by atoms with Crippen LogP contribution in [-0.4, -0.2) is 31.6 Å². The number of nitrogens with zero attached hydrogens (tertiary/aromatic N) is 1. The molecule has 0 spiro atoms. The topological polar surface area (TPSA) is 49.0 Å². The van der Waals surface area contributed by atoms with Crippen LogP contribution in [0.15, 0.2) is 24.3 Å². The third kappa shape index (κ3) is 5.38. The molecule has 0 radical (unpaired) electrons. The lowest BCUT2D eigenvalue weighted by Crippen LogP contribution is -2.85. The summed E-state index contributed by atoms with van der Waals surface area (Å²) in [4.78, 5) is 14.0. The first kappa shape index (κ1) is 15.8. The number of rotatable bonds is 6.